The van der Waals surface area contributed by atoms with Gasteiger partial charge in [0.05, 0.1) is 23.6 Å². The summed E-state index contributed by atoms with van der Waals surface area (Å²) in [4.78, 5) is 18.5. The summed E-state index contributed by atoms with van der Waals surface area (Å²) in [6.45, 7) is 18.1. The maximum Gasteiger partial charge on any atom is 0.163 e. The minimum absolute atomic E-state index is 0.0719. The van der Waals surface area contributed by atoms with Crippen molar-refractivity contribution in [2.75, 3.05) is 0 Å². The van der Waals surface area contributed by atoms with Crippen LogP contribution in [0.15, 0.2) is 218 Å². The van der Waals surface area contributed by atoms with Crippen molar-refractivity contribution in [2.24, 2.45) is 11.8 Å². The third kappa shape index (κ3) is 7.60. The van der Waals surface area contributed by atoms with E-state index in [0.717, 1.165) is 23.4 Å². The van der Waals surface area contributed by atoms with Crippen LogP contribution in [0, 0.1) is 11.8 Å². The number of rotatable bonds is 14. The number of aromatic nitrogens is 5. The molecule has 67 heavy (non-hydrogen) atoms. The van der Waals surface area contributed by atoms with E-state index in [1.807, 2.05) is 49.4 Å². The van der Waals surface area contributed by atoms with Crippen molar-refractivity contribution in [3.8, 4) is 11.4 Å². The highest BCUT2D eigenvalue weighted by molar-refractivity contribution is 6.09. The van der Waals surface area contributed by atoms with Crippen LogP contribution in [-0.4, -0.2) is 35.0 Å². The molecule has 8 aromatic rings. The average Bonchev–Trinajstić information content (AvgIpc) is 3.97. The Labute approximate surface area is 394 Å². The fourth-order valence-electron chi connectivity index (χ4n) is 11.0. The molecular formula is C61H58N6. The zero-order chi connectivity index (χ0) is 46.1. The lowest BCUT2D eigenvalue weighted by Crippen LogP contribution is -2.48. The molecule has 0 N–H and O–H groups in total. The lowest BCUT2D eigenvalue weighted by atomic mass is 9.84. The number of para-hydroxylation sites is 4. The van der Waals surface area contributed by atoms with E-state index in [4.69, 9.17) is 15.0 Å². The van der Waals surface area contributed by atoms with Gasteiger partial charge in [0.1, 0.15) is 11.4 Å². The third-order valence-corrected chi connectivity index (χ3v) is 13.9. The molecule has 0 bridgehead atoms. The lowest BCUT2D eigenvalue weighted by molar-refractivity contribution is 0.202. The molecule has 4 atom stereocenters. The molecule has 3 aromatic heterocycles. The van der Waals surface area contributed by atoms with E-state index < -0.39 is 5.54 Å². The molecule has 0 spiro atoms. The van der Waals surface area contributed by atoms with Gasteiger partial charge in [0.15, 0.2) is 11.6 Å². The molecule has 1 aliphatic heterocycles. The summed E-state index contributed by atoms with van der Waals surface area (Å²) in [5, 5.41) is 4.91. The molecule has 1 aliphatic carbocycles. The first kappa shape index (κ1) is 43.3. The molecular weight excluding hydrogens is 817 g/mol. The van der Waals surface area contributed by atoms with Gasteiger partial charge in [0, 0.05) is 67.4 Å². The summed E-state index contributed by atoms with van der Waals surface area (Å²) in [6.07, 6.45) is 23.8. The van der Waals surface area contributed by atoms with E-state index in [9.17, 15) is 0 Å². The Kier molecular flexibility index (Phi) is 11.9. The van der Waals surface area contributed by atoms with Crippen molar-refractivity contribution in [3.63, 3.8) is 0 Å². The van der Waals surface area contributed by atoms with E-state index in [1.54, 1.807) is 6.08 Å². The molecule has 6 heteroatoms. The summed E-state index contributed by atoms with van der Waals surface area (Å²) in [7, 11) is 0. The predicted molar refractivity (Wildman–Crippen MR) is 281 cm³/mol. The molecule has 2 aliphatic rings. The number of aryl methyl sites for hydroxylation is 1. The van der Waals surface area contributed by atoms with E-state index in [-0.39, 0.29) is 12.0 Å². The molecule has 332 valence electrons. The van der Waals surface area contributed by atoms with Gasteiger partial charge in [-0.25, -0.2) is 15.0 Å². The topological polar surface area (TPSA) is 51.8 Å². The number of hydrogen-bond acceptors (Lipinski definition) is 4. The zero-order valence-electron chi connectivity index (χ0n) is 39.1. The molecule has 6 nitrogen and oxygen atoms in total. The first-order valence-electron chi connectivity index (χ1n) is 23.8. The minimum Gasteiger partial charge on any atom is -0.339 e. The van der Waals surface area contributed by atoms with Gasteiger partial charge in [0.25, 0.3) is 0 Å². The van der Waals surface area contributed by atoms with Crippen LogP contribution in [0.3, 0.4) is 0 Å². The van der Waals surface area contributed by atoms with Gasteiger partial charge < -0.3 is 14.0 Å². The van der Waals surface area contributed by atoms with Gasteiger partial charge in [-0.3, -0.25) is 0 Å². The largest absolute Gasteiger partial charge is 0.339 e. The second kappa shape index (κ2) is 18.4. The molecule has 4 heterocycles. The highest BCUT2D eigenvalue weighted by Gasteiger charge is 2.48. The zero-order valence-corrected chi connectivity index (χ0v) is 39.1. The number of hydrogen-bond donors (Lipinski definition) is 0. The maximum atomic E-state index is 5.35. The molecule has 0 amide bonds. The summed E-state index contributed by atoms with van der Waals surface area (Å²) in [6, 6.07) is 46.0. The highest BCUT2D eigenvalue weighted by Crippen LogP contribution is 2.51. The van der Waals surface area contributed by atoms with Crippen LogP contribution < -0.4 is 0 Å². The van der Waals surface area contributed by atoms with Crippen LogP contribution >= 0.6 is 0 Å². The third-order valence-electron chi connectivity index (χ3n) is 13.9. The second-order valence-electron chi connectivity index (χ2n) is 18.0. The monoisotopic (exact) mass is 874 g/mol. The van der Waals surface area contributed by atoms with Crippen molar-refractivity contribution < 1.29 is 0 Å². The van der Waals surface area contributed by atoms with Crippen LogP contribution in [0.25, 0.3) is 60.6 Å². The van der Waals surface area contributed by atoms with Crippen LogP contribution in [0.5, 0.6) is 0 Å². The maximum absolute atomic E-state index is 5.35. The van der Waals surface area contributed by atoms with Crippen molar-refractivity contribution in [2.45, 2.75) is 65.1 Å². The molecule has 3 unspecified atom stereocenters. The fourth-order valence-corrected chi connectivity index (χ4v) is 11.0. The Bertz CT molecular complexity index is 3260. The summed E-state index contributed by atoms with van der Waals surface area (Å²) in [5.41, 5.74) is 9.75. The van der Waals surface area contributed by atoms with Crippen molar-refractivity contribution in [3.05, 3.63) is 230 Å². The van der Waals surface area contributed by atoms with Crippen LogP contribution in [-0.2, 0) is 18.5 Å². The first-order chi connectivity index (χ1) is 32.9. The van der Waals surface area contributed by atoms with Crippen molar-refractivity contribution in [1.29, 1.82) is 0 Å². The Balaban J connectivity index is 1.32. The number of allylic oxidation sites excluding steroid dienone is 12. The molecule has 5 aromatic carbocycles. The van der Waals surface area contributed by atoms with E-state index in [2.05, 4.69) is 188 Å². The van der Waals surface area contributed by atoms with Gasteiger partial charge in [-0.15, -0.1) is 0 Å². The SMILES string of the molecule is C=C/C=C(\C=C/C)c1nc(CCC(Cn2c3ccccc3c3ccccc32)(/C(=C\C=C)N2C3=C(C=C[C@@H](C)C3)C(C)C2/C=C\C)n2c3ccccc3c3ccccc32)nc(-c2ccccc2)n1. The molecule has 0 fully saturated rings. The van der Waals surface area contributed by atoms with E-state index in [0.29, 0.717) is 37.0 Å². The van der Waals surface area contributed by atoms with Crippen molar-refractivity contribution >= 4 is 49.2 Å². The quantitative estimate of drug-likeness (QED) is 0.0807. The molecule has 0 saturated carbocycles. The Morgan fingerprint density at radius 1 is 0.687 bits per heavy atom. The molecule has 10 rings (SSSR count). The summed E-state index contributed by atoms with van der Waals surface area (Å²) < 4.78 is 5.26. The van der Waals surface area contributed by atoms with Gasteiger partial charge in [0.2, 0.25) is 0 Å². The highest BCUT2D eigenvalue weighted by atomic mass is 15.3. The van der Waals surface area contributed by atoms with Gasteiger partial charge in [-0.2, -0.15) is 0 Å². The van der Waals surface area contributed by atoms with Gasteiger partial charge >= 0.3 is 0 Å². The standard InChI is InChI=1S/C61H58N6/c1-7-22-44(23-8-2)59-62-58(63-60(64-59)45-26-12-11-13-27-45)38-39-61(67-54-34-20-16-30-49(54)50-31-17-21-35-55(50)67,41-65-52-32-18-14-28-47(52)48-29-15-19-33-53(48)65)57(25-10-4)66-51(24-9-3)43(6)46-37-36-42(5)40-56(46)66/h7-37,42-43,51H,1,4,38-41H2,2-3,5-6H3/b23-8-,24-9-,44-22+,57-25+/t42-,43?,51?,61?/m1/s1. The first-order valence-corrected chi connectivity index (χ1v) is 23.8. The number of nitrogens with zero attached hydrogens (tertiary/aromatic N) is 6. The lowest BCUT2D eigenvalue weighted by Gasteiger charge is -2.46. The smallest absolute Gasteiger partial charge is 0.163 e. The Morgan fingerprint density at radius 2 is 1.27 bits per heavy atom. The Morgan fingerprint density at radius 3 is 1.87 bits per heavy atom. The normalized spacial score (nSPS) is 18.9. The Hall–Kier alpha value is -7.57. The fraction of sp³-hybridized carbons (Fsp3) is 0.197. The van der Waals surface area contributed by atoms with Crippen LogP contribution in [0.1, 0.15) is 52.2 Å². The minimum atomic E-state index is -0.781. The predicted octanol–water partition coefficient (Wildman–Crippen LogP) is 14.7. The molecule has 0 saturated heterocycles. The van der Waals surface area contributed by atoms with Crippen molar-refractivity contribution in [1.82, 2.24) is 29.0 Å². The van der Waals surface area contributed by atoms with Gasteiger partial charge in [-0.05, 0) is 68.5 Å². The summed E-state index contributed by atoms with van der Waals surface area (Å²) in [5.74, 6) is 2.63. The van der Waals surface area contributed by atoms with E-state index in [1.165, 1.54) is 60.6 Å². The van der Waals surface area contributed by atoms with E-state index >= 15 is 0 Å². The summed E-state index contributed by atoms with van der Waals surface area (Å²) >= 11 is 0. The van der Waals surface area contributed by atoms with Gasteiger partial charge in [-0.1, -0.05) is 185 Å². The number of benzene rings is 5. The van der Waals surface area contributed by atoms with Crippen LogP contribution in [0.4, 0.5) is 0 Å². The number of fused-ring (bicyclic) bond motifs is 6. The van der Waals surface area contributed by atoms with Crippen LogP contribution in [0.2, 0.25) is 0 Å². The molecule has 0 radical (unpaired) electrons. The second-order valence-corrected chi connectivity index (χ2v) is 18.0. The average molecular weight is 875 g/mol.